The van der Waals surface area contributed by atoms with Gasteiger partial charge in [-0.1, -0.05) is 15.9 Å². The number of allylic oxidation sites excluding steroid dienone is 1. The minimum absolute atomic E-state index is 0.0737. The molecule has 0 bridgehead atoms. The molecule has 1 aliphatic heterocycles. The number of hydrogen-bond acceptors (Lipinski definition) is 3. The summed E-state index contributed by atoms with van der Waals surface area (Å²) in [6.07, 6.45) is 1.68. The molecule has 1 aliphatic rings. The normalized spacial score (nSPS) is 21.7. The molecule has 0 aliphatic carbocycles. The Labute approximate surface area is 117 Å². The monoisotopic (exact) mass is 344 g/mol. The van der Waals surface area contributed by atoms with Gasteiger partial charge in [-0.2, -0.15) is 0 Å². The summed E-state index contributed by atoms with van der Waals surface area (Å²) >= 11 is 8.67. The van der Waals surface area contributed by atoms with E-state index >= 15 is 0 Å². The molecule has 7 heteroatoms. The molecule has 1 atom stereocenters. The first kappa shape index (κ1) is 12.1. The van der Waals surface area contributed by atoms with Crippen LogP contribution in [0.4, 0.5) is 0 Å². The van der Waals surface area contributed by atoms with Crippen LogP contribution in [0.25, 0.3) is 11.0 Å². The van der Waals surface area contributed by atoms with E-state index in [1.54, 1.807) is 6.08 Å². The zero-order chi connectivity index (χ0) is 12.9. The van der Waals surface area contributed by atoms with Gasteiger partial charge < -0.3 is 9.55 Å². The fourth-order valence-corrected chi connectivity index (χ4v) is 4.13. The number of H-pyrrole nitrogens is 1. The summed E-state index contributed by atoms with van der Waals surface area (Å²) in [7, 11) is -3.09. The Morgan fingerprint density at radius 2 is 2.22 bits per heavy atom. The van der Waals surface area contributed by atoms with Gasteiger partial charge >= 0.3 is 0 Å². The molecular formula is C11H9BrN2O2S2. The van der Waals surface area contributed by atoms with Crippen LogP contribution in [0.1, 0.15) is 6.04 Å². The lowest BCUT2D eigenvalue weighted by atomic mass is 10.3. The molecule has 18 heavy (non-hydrogen) atoms. The van der Waals surface area contributed by atoms with Gasteiger partial charge in [0.25, 0.3) is 0 Å². The predicted octanol–water partition coefficient (Wildman–Crippen LogP) is 2.94. The fraction of sp³-hybridized carbons (Fsp3) is 0.182. The molecule has 4 nitrogen and oxygen atoms in total. The van der Waals surface area contributed by atoms with Gasteiger partial charge in [0.2, 0.25) is 0 Å². The second-order valence-corrected chi connectivity index (χ2v) is 7.42. The zero-order valence-corrected chi connectivity index (χ0v) is 12.3. The molecule has 3 rings (SSSR count). The third kappa shape index (κ3) is 1.96. The van der Waals surface area contributed by atoms with Crippen molar-refractivity contribution in [3.05, 3.63) is 38.9 Å². The van der Waals surface area contributed by atoms with Crippen molar-refractivity contribution < 1.29 is 8.42 Å². The molecule has 1 aromatic heterocycles. The maximum absolute atomic E-state index is 11.5. The van der Waals surface area contributed by atoms with E-state index in [1.165, 1.54) is 5.41 Å². The number of nitrogens with one attached hydrogen (secondary N) is 1. The average Bonchev–Trinajstić information content (AvgIpc) is 2.77. The number of fused-ring (bicyclic) bond motifs is 1. The molecule has 0 fully saturated rings. The van der Waals surface area contributed by atoms with E-state index in [9.17, 15) is 8.42 Å². The Kier molecular flexibility index (Phi) is 2.72. The summed E-state index contributed by atoms with van der Waals surface area (Å²) in [6.45, 7) is 0. The van der Waals surface area contributed by atoms with Gasteiger partial charge in [-0.25, -0.2) is 8.42 Å². The lowest BCUT2D eigenvalue weighted by Gasteiger charge is -2.10. The van der Waals surface area contributed by atoms with Gasteiger partial charge in [-0.05, 0) is 36.5 Å². The van der Waals surface area contributed by atoms with Gasteiger partial charge in [-0.15, -0.1) is 0 Å². The Balaban J connectivity index is 2.22. The lowest BCUT2D eigenvalue weighted by Crippen LogP contribution is -2.11. The number of sulfone groups is 1. The van der Waals surface area contributed by atoms with Crippen molar-refractivity contribution in [2.45, 2.75) is 6.04 Å². The molecule has 1 unspecified atom stereocenters. The maximum atomic E-state index is 11.5. The minimum atomic E-state index is -3.09. The highest BCUT2D eigenvalue weighted by atomic mass is 79.9. The van der Waals surface area contributed by atoms with E-state index in [0.29, 0.717) is 4.77 Å². The van der Waals surface area contributed by atoms with E-state index in [1.807, 2.05) is 22.8 Å². The number of imidazole rings is 1. The van der Waals surface area contributed by atoms with E-state index in [-0.39, 0.29) is 11.8 Å². The molecule has 0 radical (unpaired) electrons. The Morgan fingerprint density at radius 1 is 1.44 bits per heavy atom. The van der Waals surface area contributed by atoms with Crippen LogP contribution in [-0.4, -0.2) is 23.7 Å². The Hall–Kier alpha value is -0.920. The first-order valence-corrected chi connectivity index (χ1v) is 8.19. The second-order valence-electron chi connectivity index (χ2n) is 4.19. The lowest BCUT2D eigenvalue weighted by molar-refractivity contribution is 0.594. The molecule has 2 heterocycles. The SMILES string of the molecule is O=S1(=O)C=CC(n2c(=S)[nH]c3cc(Br)ccc32)C1. The third-order valence-corrected chi connectivity index (χ3v) is 5.09. The van der Waals surface area contributed by atoms with Crippen molar-refractivity contribution in [2.75, 3.05) is 5.75 Å². The number of aromatic nitrogens is 2. The average molecular weight is 345 g/mol. The van der Waals surface area contributed by atoms with E-state index in [0.717, 1.165) is 15.5 Å². The van der Waals surface area contributed by atoms with Crippen LogP contribution < -0.4 is 0 Å². The standard InChI is InChI=1S/C11H9BrN2O2S2/c12-7-1-2-10-9(5-7)13-11(17)14(10)8-3-4-18(15,16)6-8/h1-5,8H,6H2,(H,13,17). The highest BCUT2D eigenvalue weighted by Crippen LogP contribution is 2.27. The largest absolute Gasteiger partial charge is 0.331 e. The zero-order valence-electron chi connectivity index (χ0n) is 9.13. The van der Waals surface area contributed by atoms with Crippen LogP contribution in [0, 0.1) is 4.77 Å². The van der Waals surface area contributed by atoms with Crippen molar-refractivity contribution in [2.24, 2.45) is 0 Å². The second kappa shape index (κ2) is 4.04. The van der Waals surface area contributed by atoms with Crippen LogP contribution in [0.2, 0.25) is 0 Å². The number of nitrogens with zero attached hydrogens (tertiary/aromatic N) is 1. The fourth-order valence-electron chi connectivity index (χ4n) is 2.15. The summed E-state index contributed by atoms with van der Waals surface area (Å²) in [5.74, 6) is 0.0737. The molecule has 2 aromatic rings. The van der Waals surface area contributed by atoms with Crippen LogP contribution in [-0.2, 0) is 9.84 Å². The highest BCUT2D eigenvalue weighted by Gasteiger charge is 2.24. The predicted molar refractivity (Wildman–Crippen MR) is 76.8 cm³/mol. The molecule has 1 N–H and O–H groups in total. The summed E-state index contributed by atoms with van der Waals surface area (Å²) in [6, 6.07) is 5.53. The number of hydrogen-bond donors (Lipinski definition) is 1. The van der Waals surface area contributed by atoms with Gasteiger partial charge in [0.15, 0.2) is 14.6 Å². The number of benzene rings is 1. The molecule has 0 spiro atoms. The Bertz CT molecular complexity index is 817. The van der Waals surface area contributed by atoms with Gasteiger partial charge in [0, 0.05) is 9.88 Å². The number of aromatic amines is 1. The van der Waals surface area contributed by atoms with Crippen LogP contribution in [0.15, 0.2) is 34.2 Å². The quantitative estimate of drug-likeness (QED) is 0.809. The summed E-state index contributed by atoms with van der Waals surface area (Å²) in [5, 5.41) is 1.26. The van der Waals surface area contributed by atoms with Crippen LogP contribution >= 0.6 is 28.1 Å². The van der Waals surface area contributed by atoms with Crippen LogP contribution in [0.3, 0.4) is 0 Å². The van der Waals surface area contributed by atoms with Crippen molar-refractivity contribution in [3.63, 3.8) is 0 Å². The van der Waals surface area contributed by atoms with Gasteiger partial charge in [0.05, 0.1) is 22.8 Å². The topological polar surface area (TPSA) is 54.9 Å². The van der Waals surface area contributed by atoms with Crippen molar-refractivity contribution in [1.82, 2.24) is 9.55 Å². The van der Waals surface area contributed by atoms with Gasteiger partial charge in [-0.3, -0.25) is 0 Å². The smallest absolute Gasteiger partial charge is 0.178 e. The van der Waals surface area contributed by atoms with E-state index < -0.39 is 9.84 Å². The summed E-state index contributed by atoms with van der Waals surface area (Å²) < 4.78 is 26.3. The summed E-state index contributed by atoms with van der Waals surface area (Å²) in [5.41, 5.74) is 1.81. The first-order valence-electron chi connectivity index (χ1n) is 5.27. The van der Waals surface area contributed by atoms with Crippen molar-refractivity contribution in [1.29, 1.82) is 0 Å². The van der Waals surface area contributed by atoms with Gasteiger partial charge in [0.1, 0.15) is 0 Å². The van der Waals surface area contributed by atoms with E-state index in [4.69, 9.17) is 12.2 Å². The highest BCUT2D eigenvalue weighted by molar-refractivity contribution is 9.10. The third-order valence-electron chi connectivity index (χ3n) is 2.92. The number of halogens is 1. The summed E-state index contributed by atoms with van der Waals surface area (Å²) in [4.78, 5) is 3.09. The van der Waals surface area contributed by atoms with Crippen LogP contribution in [0.5, 0.6) is 0 Å². The minimum Gasteiger partial charge on any atom is -0.331 e. The molecule has 94 valence electrons. The molecule has 0 saturated carbocycles. The molecule has 0 saturated heterocycles. The van der Waals surface area contributed by atoms with Crippen molar-refractivity contribution >= 4 is 49.0 Å². The molecule has 1 aromatic carbocycles. The molecule has 0 amide bonds. The maximum Gasteiger partial charge on any atom is 0.178 e. The first-order chi connectivity index (χ1) is 8.46. The van der Waals surface area contributed by atoms with E-state index in [2.05, 4.69) is 20.9 Å². The number of rotatable bonds is 1. The Morgan fingerprint density at radius 3 is 2.89 bits per heavy atom. The van der Waals surface area contributed by atoms with Crippen molar-refractivity contribution in [3.8, 4) is 0 Å². The molecular weight excluding hydrogens is 336 g/mol.